The van der Waals surface area contributed by atoms with E-state index in [4.69, 9.17) is 16.3 Å². The van der Waals surface area contributed by atoms with Gasteiger partial charge >= 0.3 is 0 Å². The third-order valence-electron chi connectivity index (χ3n) is 3.53. The third kappa shape index (κ3) is 4.27. The number of carbonyl (C=O) groups excluding carboxylic acids is 2. The predicted octanol–water partition coefficient (Wildman–Crippen LogP) is 3.80. The summed E-state index contributed by atoms with van der Waals surface area (Å²) in [7, 11) is 1.57. The second kappa shape index (κ2) is 8.11. The number of nitrogens with zero attached hydrogens (tertiary/aromatic N) is 2. The fourth-order valence-electron chi connectivity index (χ4n) is 2.28. The Morgan fingerprint density at radius 2 is 2.04 bits per heavy atom. The van der Waals surface area contributed by atoms with Crippen LogP contribution in [-0.4, -0.2) is 34.0 Å². The van der Waals surface area contributed by atoms with Crippen LogP contribution in [0.25, 0.3) is 11.4 Å². The SMILES string of the molecule is COc1ccccc1-c1nc(NC(=O)CCC(=O)c2ccc(Cl)s2)n[nH]1. The minimum Gasteiger partial charge on any atom is -0.496 e. The van der Waals surface area contributed by atoms with Gasteiger partial charge in [-0.05, 0) is 24.3 Å². The van der Waals surface area contributed by atoms with E-state index >= 15 is 0 Å². The number of para-hydroxylation sites is 1. The van der Waals surface area contributed by atoms with Crippen molar-refractivity contribution in [3.8, 4) is 17.1 Å². The lowest BCUT2D eigenvalue weighted by molar-refractivity contribution is -0.116. The van der Waals surface area contributed by atoms with Crippen LogP contribution in [0, 0.1) is 0 Å². The van der Waals surface area contributed by atoms with E-state index in [9.17, 15) is 9.59 Å². The van der Waals surface area contributed by atoms with Crippen molar-refractivity contribution in [3.05, 3.63) is 45.6 Å². The quantitative estimate of drug-likeness (QED) is 0.598. The average molecular weight is 391 g/mol. The number of aromatic nitrogens is 3. The highest BCUT2D eigenvalue weighted by molar-refractivity contribution is 7.18. The fourth-order valence-corrected chi connectivity index (χ4v) is 3.29. The van der Waals surface area contributed by atoms with Gasteiger partial charge < -0.3 is 4.74 Å². The van der Waals surface area contributed by atoms with Gasteiger partial charge in [-0.25, -0.2) is 0 Å². The highest BCUT2D eigenvalue weighted by Crippen LogP contribution is 2.27. The van der Waals surface area contributed by atoms with E-state index in [-0.39, 0.29) is 30.5 Å². The molecule has 0 bridgehead atoms. The van der Waals surface area contributed by atoms with Gasteiger partial charge in [0.2, 0.25) is 11.9 Å². The number of carbonyl (C=O) groups is 2. The lowest BCUT2D eigenvalue weighted by atomic mass is 10.2. The molecule has 7 nitrogen and oxygen atoms in total. The smallest absolute Gasteiger partial charge is 0.249 e. The Morgan fingerprint density at radius 1 is 1.23 bits per heavy atom. The van der Waals surface area contributed by atoms with E-state index in [0.29, 0.717) is 20.8 Å². The van der Waals surface area contributed by atoms with Crippen molar-refractivity contribution in [1.82, 2.24) is 15.2 Å². The molecule has 1 aromatic carbocycles. The predicted molar refractivity (Wildman–Crippen MR) is 99.9 cm³/mol. The number of hydrogen-bond acceptors (Lipinski definition) is 6. The van der Waals surface area contributed by atoms with Crippen LogP contribution in [0.1, 0.15) is 22.5 Å². The number of halogens is 1. The van der Waals surface area contributed by atoms with E-state index in [2.05, 4.69) is 20.5 Å². The summed E-state index contributed by atoms with van der Waals surface area (Å²) in [5, 5.41) is 9.31. The molecule has 0 fully saturated rings. The summed E-state index contributed by atoms with van der Waals surface area (Å²) in [5.74, 6) is 0.791. The summed E-state index contributed by atoms with van der Waals surface area (Å²) < 4.78 is 5.82. The number of nitrogens with one attached hydrogen (secondary N) is 2. The monoisotopic (exact) mass is 390 g/mol. The third-order valence-corrected chi connectivity index (χ3v) is 4.80. The molecule has 0 atom stereocenters. The number of benzene rings is 1. The number of ketones is 1. The molecular weight excluding hydrogens is 376 g/mol. The summed E-state index contributed by atoms with van der Waals surface area (Å²) in [5.41, 5.74) is 0.729. The molecule has 3 aromatic rings. The van der Waals surface area contributed by atoms with E-state index in [0.717, 1.165) is 5.56 Å². The van der Waals surface area contributed by atoms with Gasteiger partial charge in [0, 0.05) is 12.8 Å². The fraction of sp³-hybridized carbons (Fsp3) is 0.176. The Bertz CT molecular complexity index is 937. The van der Waals surface area contributed by atoms with Crippen LogP contribution in [0.4, 0.5) is 5.95 Å². The molecule has 0 unspecified atom stereocenters. The lowest BCUT2D eigenvalue weighted by Crippen LogP contribution is -2.14. The number of aromatic amines is 1. The van der Waals surface area contributed by atoms with Gasteiger partial charge in [-0.1, -0.05) is 23.7 Å². The second-order valence-electron chi connectivity index (χ2n) is 5.28. The van der Waals surface area contributed by atoms with Gasteiger partial charge in [0.25, 0.3) is 0 Å². The van der Waals surface area contributed by atoms with Gasteiger partial charge in [-0.2, -0.15) is 4.98 Å². The van der Waals surface area contributed by atoms with Crippen LogP contribution in [0.2, 0.25) is 4.34 Å². The minimum absolute atomic E-state index is 0.0346. The minimum atomic E-state index is -0.341. The Hall–Kier alpha value is -2.71. The number of Topliss-reactive ketones (excluding diaryl/α,β-unsaturated/α-hetero) is 1. The normalized spacial score (nSPS) is 10.5. The Morgan fingerprint density at radius 3 is 2.77 bits per heavy atom. The molecule has 2 aromatic heterocycles. The van der Waals surface area contributed by atoms with Gasteiger partial charge in [0.1, 0.15) is 5.75 Å². The van der Waals surface area contributed by atoms with Crippen molar-refractivity contribution < 1.29 is 14.3 Å². The molecule has 1 amide bonds. The average Bonchev–Trinajstić information content (AvgIpc) is 3.28. The summed E-state index contributed by atoms with van der Waals surface area (Å²) >= 11 is 7.01. The van der Waals surface area contributed by atoms with Crippen LogP contribution >= 0.6 is 22.9 Å². The summed E-state index contributed by atoms with van der Waals surface area (Å²) in [6.45, 7) is 0. The molecule has 0 saturated heterocycles. The van der Waals surface area contributed by atoms with Crippen molar-refractivity contribution in [3.63, 3.8) is 0 Å². The second-order valence-corrected chi connectivity index (χ2v) is 7.00. The Balaban J connectivity index is 1.58. The van der Waals surface area contributed by atoms with Gasteiger partial charge in [-0.3, -0.25) is 20.0 Å². The molecule has 2 heterocycles. The van der Waals surface area contributed by atoms with Crippen LogP contribution in [0.3, 0.4) is 0 Å². The van der Waals surface area contributed by atoms with E-state index in [1.165, 1.54) is 11.3 Å². The largest absolute Gasteiger partial charge is 0.496 e. The van der Waals surface area contributed by atoms with Crippen molar-refractivity contribution in [1.29, 1.82) is 0 Å². The number of anilines is 1. The van der Waals surface area contributed by atoms with Crippen molar-refractivity contribution in [2.75, 3.05) is 12.4 Å². The zero-order valence-corrected chi connectivity index (χ0v) is 15.4. The number of amides is 1. The molecule has 0 spiro atoms. The van der Waals surface area contributed by atoms with Gasteiger partial charge in [-0.15, -0.1) is 16.4 Å². The molecule has 134 valence electrons. The van der Waals surface area contributed by atoms with E-state index in [1.54, 1.807) is 25.3 Å². The highest BCUT2D eigenvalue weighted by atomic mass is 35.5. The van der Waals surface area contributed by atoms with Crippen molar-refractivity contribution in [2.45, 2.75) is 12.8 Å². The molecule has 9 heteroatoms. The first-order valence-corrected chi connectivity index (χ1v) is 8.90. The highest BCUT2D eigenvalue weighted by Gasteiger charge is 2.14. The molecule has 2 N–H and O–H groups in total. The number of hydrogen-bond donors (Lipinski definition) is 2. The Labute approximate surface area is 158 Å². The number of ether oxygens (including phenoxy) is 1. The zero-order chi connectivity index (χ0) is 18.5. The number of rotatable bonds is 7. The first kappa shape index (κ1) is 18.1. The maximum absolute atomic E-state index is 12.0. The van der Waals surface area contributed by atoms with E-state index in [1.807, 2.05) is 18.2 Å². The summed E-state index contributed by atoms with van der Waals surface area (Å²) in [4.78, 5) is 28.8. The van der Waals surface area contributed by atoms with Gasteiger partial charge in [0.15, 0.2) is 11.6 Å². The standard InChI is InChI=1S/C17H15ClN4O3S/c1-25-12-5-3-2-4-10(12)16-20-17(22-21-16)19-15(24)9-6-11(23)13-7-8-14(18)26-13/h2-5,7-8H,6,9H2,1H3,(H2,19,20,21,22,24). The first-order valence-electron chi connectivity index (χ1n) is 7.71. The zero-order valence-electron chi connectivity index (χ0n) is 13.8. The molecule has 0 aliphatic carbocycles. The molecule has 0 aliphatic heterocycles. The first-order chi connectivity index (χ1) is 12.6. The molecular formula is C17H15ClN4O3S. The number of methoxy groups -OCH3 is 1. The molecule has 0 aliphatic rings. The summed E-state index contributed by atoms with van der Waals surface area (Å²) in [6.07, 6.45) is 0.124. The van der Waals surface area contributed by atoms with Crippen LogP contribution in [0.5, 0.6) is 5.75 Å². The molecule has 26 heavy (non-hydrogen) atoms. The van der Waals surface area contributed by atoms with Gasteiger partial charge in [0.05, 0.1) is 21.9 Å². The molecule has 3 rings (SSSR count). The van der Waals surface area contributed by atoms with E-state index < -0.39 is 0 Å². The maximum atomic E-state index is 12.0. The maximum Gasteiger partial charge on any atom is 0.249 e. The van der Waals surface area contributed by atoms with Crippen LogP contribution in [0.15, 0.2) is 36.4 Å². The van der Waals surface area contributed by atoms with Crippen LogP contribution < -0.4 is 10.1 Å². The topological polar surface area (TPSA) is 97.0 Å². The number of thiophene rings is 1. The van der Waals surface area contributed by atoms with Crippen molar-refractivity contribution in [2.24, 2.45) is 0 Å². The molecule has 0 saturated carbocycles. The van der Waals surface area contributed by atoms with Crippen molar-refractivity contribution >= 4 is 40.6 Å². The Kier molecular flexibility index (Phi) is 5.65. The molecule has 0 radical (unpaired) electrons. The number of H-pyrrole nitrogens is 1. The lowest BCUT2D eigenvalue weighted by Gasteiger charge is -2.04. The summed E-state index contributed by atoms with van der Waals surface area (Å²) in [6, 6.07) is 10.6. The van der Waals surface area contributed by atoms with Crippen LogP contribution in [-0.2, 0) is 4.79 Å².